The number of ether oxygens (including phenoxy) is 1. The molecule has 2 heteroatoms. The van der Waals surface area contributed by atoms with Gasteiger partial charge in [-0.05, 0) is 46.0 Å². The second kappa shape index (κ2) is 8.46. The van der Waals surface area contributed by atoms with E-state index < -0.39 is 0 Å². The van der Waals surface area contributed by atoms with Crippen molar-refractivity contribution in [2.75, 3.05) is 13.8 Å². The van der Waals surface area contributed by atoms with Gasteiger partial charge in [-0.15, -0.1) is 0 Å². The van der Waals surface area contributed by atoms with Crippen molar-refractivity contribution in [3.8, 4) is 0 Å². The predicted molar refractivity (Wildman–Crippen MR) is 73.0 cm³/mol. The van der Waals surface area contributed by atoms with E-state index in [1.54, 1.807) is 13.2 Å². The van der Waals surface area contributed by atoms with Gasteiger partial charge in [0.15, 0.2) is 0 Å². The van der Waals surface area contributed by atoms with Crippen molar-refractivity contribution < 1.29 is 9.13 Å². The monoisotopic (exact) mass is 242 g/mol. The highest BCUT2D eigenvalue weighted by Crippen LogP contribution is 2.21. The van der Waals surface area contributed by atoms with Gasteiger partial charge < -0.3 is 4.74 Å². The van der Waals surface area contributed by atoms with Gasteiger partial charge in [-0.1, -0.05) is 30.7 Å². The molecule has 100 valence electrons. The second-order valence-electron chi connectivity index (χ2n) is 5.35. The van der Waals surface area contributed by atoms with Crippen molar-refractivity contribution in [3.63, 3.8) is 0 Å². The van der Waals surface area contributed by atoms with E-state index in [4.69, 9.17) is 4.74 Å². The molecule has 0 aliphatic rings. The molecule has 0 aromatic heterocycles. The van der Waals surface area contributed by atoms with Gasteiger partial charge in [0.25, 0.3) is 0 Å². The van der Waals surface area contributed by atoms with Gasteiger partial charge >= 0.3 is 0 Å². The fourth-order valence-corrected chi connectivity index (χ4v) is 1.49. The van der Waals surface area contributed by atoms with Gasteiger partial charge in [-0.2, -0.15) is 0 Å². The average Bonchev–Trinajstić information content (AvgIpc) is 2.27. The maximum Gasteiger partial charge on any atom is 0.108 e. The first-order valence-electron chi connectivity index (χ1n) is 6.35. The Hall–Kier alpha value is -0.630. The van der Waals surface area contributed by atoms with Crippen molar-refractivity contribution in [2.45, 2.75) is 52.6 Å². The van der Waals surface area contributed by atoms with E-state index >= 15 is 0 Å². The molecule has 1 nitrogen and oxygen atoms in total. The Morgan fingerprint density at radius 3 is 2.59 bits per heavy atom. The molecule has 0 saturated carbocycles. The topological polar surface area (TPSA) is 9.23 Å². The molecular formula is C15H27FO. The van der Waals surface area contributed by atoms with E-state index in [1.165, 1.54) is 0 Å². The van der Waals surface area contributed by atoms with E-state index in [0.29, 0.717) is 5.92 Å². The third-order valence-corrected chi connectivity index (χ3v) is 3.11. The summed E-state index contributed by atoms with van der Waals surface area (Å²) in [6, 6.07) is 0. The molecule has 1 atom stereocenters. The number of methoxy groups -OCH3 is 1. The molecule has 0 aromatic carbocycles. The Morgan fingerprint density at radius 1 is 1.41 bits per heavy atom. The van der Waals surface area contributed by atoms with Crippen LogP contribution in [0.1, 0.15) is 47.0 Å². The van der Waals surface area contributed by atoms with Crippen LogP contribution in [0.3, 0.4) is 0 Å². The van der Waals surface area contributed by atoms with Gasteiger partial charge in [0.2, 0.25) is 0 Å². The third-order valence-electron chi connectivity index (χ3n) is 3.11. The Morgan fingerprint density at radius 2 is 2.06 bits per heavy atom. The normalized spacial score (nSPS) is 15.5. The summed E-state index contributed by atoms with van der Waals surface area (Å²) in [6.07, 6.45) is 8.98. The van der Waals surface area contributed by atoms with Gasteiger partial charge in [0.05, 0.1) is 5.60 Å². The fraction of sp³-hybridized carbons (Fsp3) is 0.733. The molecule has 0 bridgehead atoms. The zero-order chi connectivity index (χ0) is 13.3. The Balaban J connectivity index is 3.88. The lowest BCUT2D eigenvalue weighted by molar-refractivity contribution is 0.0109. The molecular weight excluding hydrogens is 215 g/mol. The van der Waals surface area contributed by atoms with E-state index in [-0.39, 0.29) is 12.3 Å². The number of hydrogen-bond donors (Lipinski definition) is 0. The van der Waals surface area contributed by atoms with Crippen LogP contribution in [0.5, 0.6) is 0 Å². The van der Waals surface area contributed by atoms with E-state index in [2.05, 4.69) is 26.8 Å². The SMILES string of the molecule is COC(C)(C)CCC(C)CC=CC(C)=CCF. The fourth-order valence-electron chi connectivity index (χ4n) is 1.49. The number of alkyl halides is 1. The smallest absolute Gasteiger partial charge is 0.108 e. The minimum atomic E-state index is -0.381. The highest BCUT2D eigenvalue weighted by Gasteiger charge is 2.16. The Labute approximate surface area is 106 Å². The number of halogens is 1. The summed E-state index contributed by atoms with van der Waals surface area (Å²) in [6.45, 7) is 8.01. The summed E-state index contributed by atoms with van der Waals surface area (Å²) in [5, 5.41) is 0. The molecule has 0 spiro atoms. The zero-order valence-electron chi connectivity index (χ0n) is 11.9. The highest BCUT2D eigenvalue weighted by molar-refractivity contribution is 5.15. The van der Waals surface area contributed by atoms with Crippen LogP contribution in [0.4, 0.5) is 4.39 Å². The number of allylic oxidation sites excluding steroid dienone is 4. The third kappa shape index (κ3) is 9.11. The first kappa shape index (κ1) is 16.4. The van der Waals surface area contributed by atoms with Crippen LogP contribution < -0.4 is 0 Å². The molecule has 0 rings (SSSR count). The molecule has 0 fully saturated rings. The van der Waals surface area contributed by atoms with Gasteiger partial charge in [-0.3, -0.25) is 0 Å². The minimum Gasteiger partial charge on any atom is -0.379 e. The maximum atomic E-state index is 12.0. The summed E-state index contributed by atoms with van der Waals surface area (Å²) in [4.78, 5) is 0. The van der Waals surface area contributed by atoms with Gasteiger partial charge in [0.1, 0.15) is 6.67 Å². The molecule has 0 aliphatic heterocycles. The predicted octanol–water partition coefficient (Wildman–Crippen LogP) is 4.69. The van der Waals surface area contributed by atoms with Crippen molar-refractivity contribution in [3.05, 3.63) is 23.8 Å². The summed E-state index contributed by atoms with van der Waals surface area (Å²) in [5.74, 6) is 0.638. The van der Waals surface area contributed by atoms with Crippen LogP contribution >= 0.6 is 0 Å². The van der Waals surface area contributed by atoms with E-state index in [1.807, 2.05) is 13.0 Å². The summed E-state index contributed by atoms with van der Waals surface area (Å²) in [7, 11) is 1.76. The first-order valence-corrected chi connectivity index (χ1v) is 6.35. The summed E-state index contributed by atoms with van der Waals surface area (Å²) >= 11 is 0. The highest BCUT2D eigenvalue weighted by atomic mass is 19.1. The largest absolute Gasteiger partial charge is 0.379 e. The minimum absolute atomic E-state index is 0.0258. The molecule has 0 saturated heterocycles. The lowest BCUT2D eigenvalue weighted by atomic mass is 9.94. The quantitative estimate of drug-likeness (QED) is 0.561. The maximum absolute atomic E-state index is 12.0. The average molecular weight is 242 g/mol. The zero-order valence-corrected chi connectivity index (χ0v) is 11.9. The van der Waals surface area contributed by atoms with Crippen LogP contribution in [0.15, 0.2) is 23.8 Å². The van der Waals surface area contributed by atoms with Crippen LogP contribution in [-0.2, 0) is 4.74 Å². The van der Waals surface area contributed by atoms with Crippen molar-refractivity contribution in [1.29, 1.82) is 0 Å². The molecule has 17 heavy (non-hydrogen) atoms. The molecule has 0 heterocycles. The van der Waals surface area contributed by atoms with Crippen LogP contribution in [-0.4, -0.2) is 19.4 Å². The molecule has 0 radical (unpaired) electrons. The molecule has 0 amide bonds. The van der Waals surface area contributed by atoms with Crippen molar-refractivity contribution in [1.82, 2.24) is 0 Å². The molecule has 1 unspecified atom stereocenters. The van der Waals surface area contributed by atoms with E-state index in [9.17, 15) is 4.39 Å². The van der Waals surface area contributed by atoms with Crippen LogP contribution in [0.2, 0.25) is 0 Å². The molecule has 0 aromatic rings. The summed E-state index contributed by atoms with van der Waals surface area (Å²) < 4.78 is 17.4. The Bertz CT molecular complexity index is 254. The lowest BCUT2D eigenvalue weighted by Gasteiger charge is -2.24. The van der Waals surface area contributed by atoms with E-state index in [0.717, 1.165) is 24.8 Å². The van der Waals surface area contributed by atoms with Crippen molar-refractivity contribution >= 4 is 0 Å². The molecule has 0 aliphatic carbocycles. The van der Waals surface area contributed by atoms with Crippen LogP contribution in [0, 0.1) is 5.92 Å². The van der Waals surface area contributed by atoms with Crippen LogP contribution in [0.25, 0.3) is 0 Å². The van der Waals surface area contributed by atoms with Crippen molar-refractivity contribution in [2.24, 2.45) is 5.92 Å². The standard InChI is InChI=1S/C15H27FO/c1-13(9-11-15(3,4)17-5)7-6-8-14(2)10-12-16/h6,8,10,13H,7,9,11-12H2,1-5H3. The second-order valence-corrected chi connectivity index (χ2v) is 5.35. The van der Waals surface area contributed by atoms with Gasteiger partial charge in [-0.25, -0.2) is 4.39 Å². The van der Waals surface area contributed by atoms with Gasteiger partial charge in [0, 0.05) is 7.11 Å². The molecule has 0 N–H and O–H groups in total. The Kier molecular flexibility index (Phi) is 8.15. The first-order chi connectivity index (χ1) is 7.91. The number of rotatable bonds is 8. The number of hydrogen-bond acceptors (Lipinski definition) is 1. The lowest BCUT2D eigenvalue weighted by Crippen LogP contribution is -2.22. The summed E-state index contributed by atoms with van der Waals surface area (Å²) in [5.41, 5.74) is 0.971.